The zero-order valence-electron chi connectivity index (χ0n) is 13.7. The van der Waals surface area contributed by atoms with E-state index in [1.54, 1.807) is 29.2 Å². The van der Waals surface area contributed by atoms with Crippen LogP contribution in [0.5, 0.6) is 0 Å². The number of hydrogen-bond acceptors (Lipinski definition) is 3. The fraction of sp³-hybridized carbons (Fsp3) is 0.211. The van der Waals surface area contributed by atoms with Crippen molar-refractivity contribution >= 4 is 23.4 Å². The van der Waals surface area contributed by atoms with Gasteiger partial charge < -0.3 is 15.1 Å². The summed E-state index contributed by atoms with van der Waals surface area (Å²) >= 11 is 0. The average Bonchev–Trinajstić information content (AvgIpc) is 2.67. The molecule has 0 atom stereocenters. The smallest absolute Gasteiger partial charge is 0.251 e. The van der Waals surface area contributed by atoms with Gasteiger partial charge in [-0.3, -0.25) is 14.4 Å². The van der Waals surface area contributed by atoms with Crippen LogP contribution in [0.1, 0.15) is 10.4 Å². The molecule has 1 fully saturated rings. The lowest BCUT2D eigenvalue weighted by atomic mass is 10.2. The third kappa shape index (κ3) is 4.03. The van der Waals surface area contributed by atoms with Gasteiger partial charge in [-0.15, -0.1) is 0 Å². The Hall–Kier alpha value is -3.15. The summed E-state index contributed by atoms with van der Waals surface area (Å²) in [7, 11) is 0. The molecule has 1 aliphatic rings. The van der Waals surface area contributed by atoms with Gasteiger partial charge in [0.25, 0.3) is 5.91 Å². The van der Waals surface area contributed by atoms with Crippen molar-refractivity contribution in [2.24, 2.45) is 0 Å². The van der Waals surface area contributed by atoms with Crippen molar-refractivity contribution < 1.29 is 14.4 Å². The Balaban J connectivity index is 1.53. The third-order valence-electron chi connectivity index (χ3n) is 4.08. The molecule has 2 aromatic rings. The molecule has 3 amide bonds. The SMILES string of the molecule is O=C(NCC(=O)N1CCN(c2ccccc2)C(=O)C1)c1ccccc1. The molecule has 0 aromatic heterocycles. The number of rotatable bonds is 4. The molecule has 3 rings (SSSR count). The van der Waals surface area contributed by atoms with Gasteiger partial charge in [0.15, 0.2) is 0 Å². The zero-order chi connectivity index (χ0) is 17.6. The Labute approximate surface area is 146 Å². The Morgan fingerprint density at radius 1 is 0.920 bits per heavy atom. The van der Waals surface area contributed by atoms with Gasteiger partial charge in [-0.05, 0) is 24.3 Å². The normalized spacial score (nSPS) is 14.3. The maximum absolute atomic E-state index is 12.3. The first kappa shape index (κ1) is 16.7. The Morgan fingerprint density at radius 3 is 2.20 bits per heavy atom. The number of carbonyl (C=O) groups is 3. The summed E-state index contributed by atoms with van der Waals surface area (Å²) in [5.41, 5.74) is 1.33. The van der Waals surface area contributed by atoms with Crippen molar-refractivity contribution in [3.05, 3.63) is 66.2 Å². The topological polar surface area (TPSA) is 69.7 Å². The second-order valence-corrected chi connectivity index (χ2v) is 5.74. The van der Waals surface area contributed by atoms with Gasteiger partial charge in [0.1, 0.15) is 6.54 Å². The van der Waals surface area contributed by atoms with Crippen molar-refractivity contribution in [2.75, 3.05) is 31.1 Å². The molecule has 0 saturated carbocycles. The van der Waals surface area contributed by atoms with Crippen LogP contribution in [0.3, 0.4) is 0 Å². The summed E-state index contributed by atoms with van der Waals surface area (Å²) in [5, 5.41) is 2.60. The molecule has 0 aliphatic carbocycles. The molecular weight excluding hydrogens is 318 g/mol. The zero-order valence-corrected chi connectivity index (χ0v) is 13.7. The molecule has 1 N–H and O–H groups in total. The monoisotopic (exact) mass is 337 g/mol. The van der Waals surface area contributed by atoms with Crippen molar-refractivity contribution in [3.8, 4) is 0 Å². The van der Waals surface area contributed by atoms with Gasteiger partial charge in [0.05, 0.1) is 6.54 Å². The van der Waals surface area contributed by atoms with Gasteiger partial charge in [-0.25, -0.2) is 0 Å². The van der Waals surface area contributed by atoms with Crippen molar-refractivity contribution in [1.29, 1.82) is 0 Å². The van der Waals surface area contributed by atoms with E-state index in [9.17, 15) is 14.4 Å². The minimum atomic E-state index is -0.303. The highest BCUT2D eigenvalue weighted by Crippen LogP contribution is 2.16. The maximum Gasteiger partial charge on any atom is 0.251 e. The van der Waals surface area contributed by atoms with Gasteiger partial charge >= 0.3 is 0 Å². The van der Waals surface area contributed by atoms with Crippen LogP contribution in [-0.2, 0) is 9.59 Å². The summed E-state index contributed by atoms with van der Waals surface area (Å²) < 4.78 is 0. The van der Waals surface area contributed by atoms with Gasteiger partial charge in [-0.2, -0.15) is 0 Å². The highest BCUT2D eigenvalue weighted by molar-refractivity contribution is 5.99. The lowest BCUT2D eigenvalue weighted by Crippen LogP contribution is -2.54. The van der Waals surface area contributed by atoms with Crippen LogP contribution in [0.2, 0.25) is 0 Å². The van der Waals surface area contributed by atoms with E-state index in [0.717, 1.165) is 5.69 Å². The van der Waals surface area contributed by atoms with E-state index in [-0.39, 0.29) is 30.8 Å². The van der Waals surface area contributed by atoms with Crippen LogP contribution in [0.4, 0.5) is 5.69 Å². The van der Waals surface area contributed by atoms with Gasteiger partial charge in [-0.1, -0.05) is 36.4 Å². The third-order valence-corrected chi connectivity index (χ3v) is 4.08. The summed E-state index contributed by atoms with van der Waals surface area (Å²) in [6.07, 6.45) is 0. The van der Waals surface area contributed by atoms with Crippen LogP contribution in [0, 0.1) is 0 Å². The predicted molar refractivity (Wildman–Crippen MR) is 94.2 cm³/mol. The molecule has 0 bridgehead atoms. The fourth-order valence-electron chi connectivity index (χ4n) is 2.73. The molecular formula is C19H19N3O3. The van der Waals surface area contributed by atoms with Crippen LogP contribution in [-0.4, -0.2) is 48.8 Å². The maximum atomic E-state index is 12.3. The molecule has 1 saturated heterocycles. The number of hydrogen-bond donors (Lipinski definition) is 1. The first-order valence-electron chi connectivity index (χ1n) is 8.11. The lowest BCUT2D eigenvalue weighted by Gasteiger charge is -2.34. The largest absolute Gasteiger partial charge is 0.343 e. The van der Waals surface area contributed by atoms with E-state index in [4.69, 9.17) is 0 Å². The number of carbonyl (C=O) groups excluding carboxylic acids is 3. The number of benzene rings is 2. The molecule has 2 aromatic carbocycles. The highest BCUT2D eigenvalue weighted by atomic mass is 16.2. The molecule has 0 radical (unpaired) electrons. The molecule has 0 spiro atoms. The number of nitrogens with one attached hydrogen (secondary N) is 1. The van der Waals surface area contributed by atoms with Crippen LogP contribution < -0.4 is 10.2 Å². The molecule has 6 nitrogen and oxygen atoms in total. The van der Waals surface area contributed by atoms with Crippen molar-refractivity contribution in [1.82, 2.24) is 10.2 Å². The first-order valence-corrected chi connectivity index (χ1v) is 8.11. The van der Waals surface area contributed by atoms with E-state index in [1.165, 1.54) is 4.90 Å². The molecule has 0 unspecified atom stereocenters. The molecule has 1 heterocycles. The fourth-order valence-corrected chi connectivity index (χ4v) is 2.73. The van der Waals surface area contributed by atoms with E-state index in [0.29, 0.717) is 18.7 Å². The first-order chi connectivity index (χ1) is 12.1. The number of piperazine rings is 1. The predicted octanol–water partition coefficient (Wildman–Crippen LogP) is 1.29. The number of amides is 3. The van der Waals surface area contributed by atoms with Gasteiger partial charge in [0, 0.05) is 24.3 Å². The average molecular weight is 337 g/mol. The summed E-state index contributed by atoms with van der Waals surface area (Å²) in [5.74, 6) is -0.686. The van der Waals surface area contributed by atoms with Crippen molar-refractivity contribution in [3.63, 3.8) is 0 Å². The minimum absolute atomic E-state index is 0.0228. The molecule has 128 valence electrons. The summed E-state index contributed by atoms with van der Waals surface area (Å²) in [6, 6.07) is 18.1. The Morgan fingerprint density at radius 2 is 1.56 bits per heavy atom. The standard InChI is InChI=1S/C19H19N3O3/c23-17(13-20-19(25)15-7-3-1-4-8-15)21-11-12-22(18(24)14-21)16-9-5-2-6-10-16/h1-10H,11-14H2,(H,20,25). The van der Waals surface area contributed by atoms with Crippen LogP contribution >= 0.6 is 0 Å². The number of para-hydroxylation sites is 1. The highest BCUT2D eigenvalue weighted by Gasteiger charge is 2.27. The quantitative estimate of drug-likeness (QED) is 0.914. The second kappa shape index (κ2) is 7.61. The number of anilines is 1. The summed E-state index contributed by atoms with van der Waals surface area (Å²) in [6.45, 7) is 0.795. The number of nitrogens with zero attached hydrogens (tertiary/aromatic N) is 2. The van der Waals surface area contributed by atoms with E-state index in [1.807, 2.05) is 36.4 Å². The molecule has 1 aliphatic heterocycles. The van der Waals surface area contributed by atoms with E-state index < -0.39 is 0 Å². The molecule has 25 heavy (non-hydrogen) atoms. The van der Waals surface area contributed by atoms with Crippen LogP contribution in [0.25, 0.3) is 0 Å². The molecule has 6 heteroatoms. The Bertz CT molecular complexity index is 762. The van der Waals surface area contributed by atoms with E-state index >= 15 is 0 Å². The minimum Gasteiger partial charge on any atom is -0.343 e. The van der Waals surface area contributed by atoms with Crippen LogP contribution in [0.15, 0.2) is 60.7 Å². The lowest BCUT2D eigenvalue weighted by molar-refractivity contribution is -0.136. The Kier molecular flexibility index (Phi) is 5.09. The van der Waals surface area contributed by atoms with Gasteiger partial charge in [0.2, 0.25) is 11.8 Å². The van der Waals surface area contributed by atoms with E-state index in [2.05, 4.69) is 5.32 Å². The van der Waals surface area contributed by atoms with Crippen molar-refractivity contribution in [2.45, 2.75) is 0 Å². The second-order valence-electron chi connectivity index (χ2n) is 5.74. The summed E-state index contributed by atoms with van der Waals surface area (Å²) in [4.78, 5) is 39.7.